The van der Waals surface area contributed by atoms with E-state index < -0.39 is 5.41 Å². The Bertz CT molecular complexity index is 5190. The molecule has 4 aromatic heterocycles. The molecule has 14 aromatic rings. The molecular weight excluding hydrogens is 1020 g/mol. The van der Waals surface area contributed by atoms with Crippen molar-refractivity contribution < 1.29 is 0 Å². The monoisotopic (exact) mass is 1070 g/mol. The zero-order chi connectivity index (χ0) is 55.5. The summed E-state index contributed by atoms with van der Waals surface area (Å²) in [4.78, 5) is 9.55. The fourth-order valence-electron chi connectivity index (χ4n) is 14.4. The van der Waals surface area contributed by atoms with Gasteiger partial charge in [0, 0.05) is 33.9 Å². The highest BCUT2D eigenvalue weighted by Gasteiger charge is 2.52. The molecule has 0 amide bonds. The molecule has 392 valence electrons. The fourth-order valence-corrected chi connectivity index (χ4v) is 14.4. The maximum atomic E-state index is 4.78. The number of benzene rings is 10. The van der Waals surface area contributed by atoms with Crippen LogP contribution in [0.15, 0.2) is 304 Å². The highest BCUT2D eigenvalue weighted by molar-refractivity contribution is 6.13. The number of aromatic nitrogens is 4. The van der Waals surface area contributed by atoms with Crippen LogP contribution in [0, 0.1) is 0 Å². The molecule has 0 atom stereocenters. The molecule has 0 unspecified atom stereocenters. The second-order valence-electron chi connectivity index (χ2n) is 22.4. The summed E-state index contributed by atoms with van der Waals surface area (Å²) >= 11 is 0. The summed E-state index contributed by atoms with van der Waals surface area (Å²) in [6.07, 6.45) is 17.8. The van der Waals surface area contributed by atoms with E-state index in [1.54, 1.807) is 0 Å². The van der Waals surface area contributed by atoms with Crippen LogP contribution in [-0.2, 0) is 5.41 Å². The Labute approximate surface area is 486 Å². The van der Waals surface area contributed by atoms with Crippen LogP contribution in [-0.4, -0.2) is 19.1 Å². The minimum absolute atomic E-state index is 0.558. The van der Waals surface area contributed by atoms with Gasteiger partial charge in [-0.05, 0) is 185 Å². The van der Waals surface area contributed by atoms with E-state index in [4.69, 9.17) is 9.97 Å². The Hall–Kier alpha value is -10.9. The summed E-state index contributed by atoms with van der Waals surface area (Å²) < 4.78 is 4.54. The number of fused-ring (bicyclic) bond motifs is 17. The Morgan fingerprint density at radius 2 is 0.798 bits per heavy atom. The molecule has 17 rings (SSSR count). The third-order valence-electron chi connectivity index (χ3n) is 18.1. The smallest absolute Gasteiger partial charge is 0.137 e. The van der Waals surface area contributed by atoms with E-state index in [1.807, 2.05) is 30.6 Å². The third-order valence-corrected chi connectivity index (χ3v) is 18.1. The standard InChI is InChI=1S/C80H52N4/c1-51-19-3-2-4-20-52(33-38-57(51)54-36-43-76-68(47-54)66-25-9-13-29-74(66)83(76)78-31-15-17-45-81-78)53-34-39-64-65-40-35-56(50-73(65)80(72(64)49-53)70-27-11-7-23-62(70)63-24-8-12-28-71(63)80)59-42-41-58(60-21-5-6-22-61(59)60)55-37-44-77-69(48-55)67-26-10-14-30-75(67)84(77)79-32-16-18-46-82-79/h2-19,21-50H,1,20H2/b4-2-,19-3-,52-33+,57-38+. The van der Waals surface area contributed by atoms with Crippen molar-refractivity contribution in [2.24, 2.45) is 0 Å². The summed E-state index contributed by atoms with van der Waals surface area (Å²) in [5.74, 6) is 1.81. The molecule has 1 spiro atoms. The van der Waals surface area contributed by atoms with E-state index >= 15 is 0 Å². The minimum atomic E-state index is -0.558. The molecule has 0 aliphatic heterocycles. The maximum Gasteiger partial charge on any atom is 0.137 e. The largest absolute Gasteiger partial charge is 0.294 e. The molecule has 3 aliphatic carbocycles. The van der Waals surface area contributed by atoms with Crippen LogP contribution < -0.4 is 0 Å². The summed E-state index contributed by atoms with van der Waals surface area (Å²) in [5, 5.41) is 7.23. The predicted molar refractivity (Wildman–Crippen MR) is 350 cm³/mol. The molecule has 10 aromatic carbocycles. The molecular formula is C80H52N4. The number of nitrogens with zero attached hydrogens (tertiary/aromatic N) is 4. The van der Waals surface area contributed by atoms with Crippen LogP contribution in [0.5, 0.6) is 0 Å². The van der Waals surface area contributed by atoms with Crippen molar-refractivity contribution in [3.8, 4) is 56.1 Å². The number of hydrogen-bond donors (Lipinski definition) is 0. The van der Waals surface area contributed by atoms with Crippen molar-refractivity contribution >= 4 is 65.5 Å². The first-order valence-electron chi connectivity index (χ1n) is 28.9. The van der Waals surface area contributed by atoms with Crippen LogP contribution >= 0.6 is 0 Å². The molecule has 3 aliphatic rings. The summed E-state index contributed by atoms with van der Waals surface area (Å²) in [5.41, 5.74) is 24.8. The van der Waals surface area contributed by atoms with Crippen LogP contribution in [0.25, 0.3) is 122 Å². The van der Waals surface area contributed by atoms with Gasteiger partial charge >= 0.3 is 0 Å². The van der Waals surface area contributed by atoms with Crippen molar-refractivity contribution in [1.29, 1.82) is 0 Å². The molecule has 4 heteroatoms. The average Bonchev–Trinajstić information content (AvgIpc) is 1.65. The highest BCUT2D eigenvalue weighted by atomic mass is 15.1. The molecule has 0 saturated carbocycles. The van der Waals surface area contributed by atoms with E-state index in [9.17, 15) is 0 Å². The van der Waals surface area contributed by atoms with Crippen molar-refractivity contribution in [3.63, 3.8) is 0 Å². The fraction of sp³-hybridized carbons (Fsp3) is 0.0250. The minimum Gasteiger partial charge on any atom is -0.294 e. The second-order valence-corrected chi connectivity index (χ2v) is 22.4. The number of para-hydroxylation sites is 2. The lowest BCUT2D eigenvalue weighted by molar-refractivity contribution is 0.793. The van der Waals surface area contributed by atoms with E-state index in [1.165, 1.54) is 110 Å². The Balaban J connectivity index is 0.805. The van der Waals surface area contributed by atoms with E-state index in [-0.39, 0.29) is 0 Å². The van der Waals surface area contributed by atoms with Gasteiger partial charge in [-0.25, -0.2) is 9.97 Å². The van der Waals surface area contributed by atoms with Crippen LogP contribution in [0.1, 0.15) is 39.8 Å². The average molecular weight is 1070 g/mol. The normalized spacial score (nSPS) is 16.1. The van der Waals surface area contributed by atoms with Gasteiger partial charge < -0.3 is 0 Å². The Morgan fingerprint density at radius 3 is 1.39 bits per heavy atom. The van der Waals surface area contributed by atoms with Gasteiger partial charge in [0.15, 0.2) is 0 Å². The molecule has 0 N–H and O–H groups in total. The molecule has 4 nitrogen and oxygen atoms in total. The summed E-state index contributed by atoms with van der Waals surface area (Å²) in [6, 6.07) is 89.7. The van der Waals surface area contributed by atoms with Crippen LogP contribution in [0.4, 0.5) is 0 Å². The SMILES string of the molecule is C=C1/C=C\C=C/C/C(c2ccc3c(c2)C2(c4ccccc4-c4ccccc42)c2cc(-c4ccc(-c5ccc6c(c5)c5ccccc5n6-c5ccccn5)c5ccccc45)ccc2-3)=C\C=C/1c1ccc2c(c1)c1ccccc1n2-c1ccccn1. The van der Waals surface area contributed by atoms with Gasteiger partial charge in [-0.1, -0.05) is 213 Å². The zero-order valence-corrected chi connectivity index (χ0v) is 45.9. The maximum absolute atomic E-state index is 4.78. The highest BCUT2D eigenvalue weighted by Crippen LogP contribution is 2.63. The number of allylic oxidation sites excluding steroid dienone is 9. The van der Waals surface area contributed by atoms with Gasteiger partial charge in [-0.3, -0.25) is 9.13 Å². The van der Waals surface area contributed by atoms with Gasteiger partial charge in [-0.2, -0.15) is 0 Å². The lowest BCUT2D eigenvalue weighted by Crippen LogP contribution is -2.26. The van der Waals surface area contributed by atoms with Gasteiger partial charge in [0.25, 0.3) is 0 Å². The molecule has 0 saturated heterocycles. The van der Waals surface area contributed by atoms with Gasteiger partial charge in [-0.15, -0.1) is 0 Å². The predicted octanol–water partition coefficient (Wildman–Crippen LogP) is 20.0. The van der Waals surface area contributed by atoms with E-state index in [2.05, 4.69) is 277 Å². The Morgan fingerprint density at radius 1 is 0.345 bits per heavy atom. The Kier molecular flexibility index (Phi) is 10.7. The summed E-state index contributed by atoms with van der Waals surface area (Å²) in [6.45, 7) is 4.66. The third kappa shape index (κ3) is 7.07. The number of rotatable bonds is 6. The molecule has 0 fully saturated rings. The van der Waals surface area contributed by atoms with Gasteiger partial charge in [0.05, 0.1) is 27.5 Å². The first kappa shape index (κ1) is 47.8. The number of pyridine rings is 2. The van der Waals surface area contributed by atoms with Crippen molar-refractivity contribution in [1.82, 2.24) is 19.1 Å². The van der Waals surface area contributed by atoms with Crippen LogP contribution in [0.3, 0.4) is 0 Å². The molecule has 84 heavy (non-hydrogen) atoms. The van der Waals surface area contributed by atoms with Crippen molar-refractivity contribution in [2.45, 2.75) is 11.8 Å². The quantitative estimate of drug-likeness (QED) is 0.166. The van der Waals surface area contributed by atoms with E-state index in [0.717, 1.165) is 56.8 Å². The molecule has 0 radical (unpaired) electrons. The molecule has 4 heterocycles. The van der Waals surface area contributed by atoms with E-state index in [0.29, 0.717) is 0 Å². The lowest BCUT2D eigenvalue weighted by atomic mass is 9.70. The van der Waals surface area contributed by atoms with Crippen LogP contribution in [0.2, 0.25) is 0 Å². The first-order valence-corrected chi connectivity index (χ1v) is 28.9. The zero-order valence-electron chi connectivity index (χ0n) is 45.9. The van der Waals surface area contributed by atoms with Crippen molar-refractivity contribution in [3.05, 3.63) is 337 Å². The first-order chi connectivity index (χ1) is 41.6. The van der Waals surface area contributed by atoms with Crippen molar-refractivity contribution in [2.75, 3.05) is 0 Å². The van der Waals surface area contributed by atoms with Gasteiger partial charge in [0.1, 0.15) is 11.6 Å². The number of hydrogen-bond acceptors (Lipinski definition) is 2. The topological polar surface area (TPSA) is 35.6 Å². The lowest BCUT2D eigenvalue weighted by Gasteiger charge is -2.31. The van der Waals surface area contributed by atoms with Gasteiger partial charge in [0.2, 0.25) is 0 Å². The molecule has 0 bridgehead atoms. The second kappa shape index (κ2) is 18.8. The summed E-state index contributed by atoms with van der Waals surface area (Å²) in [7, 11) is 0.